The van der Waals surface area contributed by atoms with E-state index in [1.807, 2.05) is 13.0 Å². The van der Waals surface area contributed by atoms with E-state index >= 15 is 0 Å². The van der Waals surface area contributed by atoms with E-state index in [2.05, 4.69) is 9.83 Å². The number of halogens is 1. The Morgan fingerprint density at radius 3 is 2.93 bits per heavy atom. The number of fused-ring (bicyclic) bond motifs is 1. The standard InChI is InChI=1S/C11H7ClN2/c1-7-6-14-10-4-3-8(13-2)5-9(10)11(7)12/h3-6H,1H3. The number of pyridine rings is 1. The molecule has 3 heteroatoms. The molecule has 0 atom stereocenters. The largest absolute Gasteiger partial charge is 0.256 e. The summed E-state index contributed by atoms with van der Waals surface area (Å²) in [5.74, 6) is 0. The highest BCUT2D eigenvalue weighted by Crippen LogP contribution is 2.28. The van der Waals surface area contributed by atoms with E-state index < -0.39 is 0 Å². The Balaban J connectivity index is 2.86. The van der Waals surface area contributed by atoms with E-state index in [1.54, 1.807) is 18.3 Å². The van der Waals surface area contributed by atoms with Gasteiger partial charge in [0, 0.05) is 11.6 Å². The summed E-state index contributed by atoms with van der Waals surface area (Å²) in [5, 5.41) is 1.53. The molecule has 0 bridgehead atoms. The lowest BCUT2D eigenvalue weighted by molar-refractivity contribution is 1.33. The highest BCUT2D eigenvalue weighted by molar-refractivity contribution is 6.36. The van der Waals surface area contributed by atoms with Crippen LogP contribution in [0.2, 0.25) is 5.02 Å². The molecular formula is C11H7ClN2. The summed E-state index contributed by atoms with van der Waals surface area (Å²) in [4.78, 5) is 7.58. The van der Waals surface area contributed by atoms with Crippen molar-refractivity contribution >= 4 is 28.2 Å². The van der Waals surface area contributed by atoms with Crippen LogP contribution in [0.15, 0.2) is 24.4 Å². The minimum atomic E-state index is 0.590. The average molecular weight is 203 g/mol. The van der Waals surface area contributed by atoms with Crippen molar-refractivity contribution < 1.29 is 0 Å². The molecule has 14 heavy (non-hydrogen) atoms. The second-order valence-corrected chi connectivity index (χ2v) is 3.45. The Labute approximate surface area is 87.0 Å². The van der Waals surface area contributed by atoms with Crippen molar-refractivity contribution in [3.8, 4) is 0 Å². The maximum absolute atomic E-state index is 6.90. The summed E-state index contributed by atoms with van der Waals surface area (Å²) < 4.78 is 0. The normalized spacial score (nSPS) is 10.1. The van der Waals surface area contributed by atoms with Gasteiger partial charge in [-0.05, 0) is 24.6 Å². The molecule has 0 aliphatic rings. The van der Waals surface area contributed by atoms with Crippen LogP contribution < -0.4 is 0 Å². The molecule has 0 fully saturated rings. The van der Waals surface area contributed by atoms with E-state index in [4.69, 9.17) is 18.2 Å². The van der Waals surface area contributed by atoms with Crippen LogP contribution in [0, 0.1) is 13.5 Å². The quantitative estimate of drug-likeness (QED) is 0.595. The summed E-state index contributed by atoms with van der Waals surface area (Å²) in [7, 11) is 0. The van der Waals surface area contributed by atoms with Crippen molar-refractivity contribution in [3.63, 3.8) is 0 Å². The van der Waals surface area contributed by atoms with Crippen LogP contribution in [0.4, 0.5) is 5.69 Å². The third kappa shape index (κ3) is 1.32. The zero-order chi connectivity index (χ0) is 10.1. The predicted molar refractivity (Wildman–Crippen MR) is 57.8 cm³/mol. The summed E-state index contributed by atoms with van der Waals surface area (Å²) in [6.07, 6.45) is 1.74. The van der Waals surface area contributed by atoms with Crippen LogP contribution in [-0.4, -0.2) is 4.98 Å². The third-order valence-corrected chi connectivity index (χ3v) is 2.59. The molecule has 1 heterocycles. The fourth-order valence-corrected chi connectivity index (χ4v) is 1.52. The summed E-state index contributed by atoms with van der Waals surface area (Å²) in [6, 6.07) is 5.33. The minimum Gasteiger partial charge on any atom is -0.256 e. The molecule has 0 saturated heterocycles. The Hall–Kier alpha value is -1.59. The number of nitrogens with zero attached hydrogens (tertiary/aromatic N) is 2. The Kier molecular flexibility index (Phi) is 2.11. The van der Waals surface area contributed by atoms with Crippen LogP contribution in [0.3, 0.4) is 0 Å². The first-order valence-corrected chi connectivity index (χ1v) is 4.52. The van der Waals surface area contributed by atoms with Crippen molar-refractivity contribution in [2.24, 2.45) is 0 Å². The summed E-state index contributed by atoms with van der Waals surface area (Å²) in [6.45, 7) is 8.81. The van der Waals surface area contributed by atoms with E-state index in [-0.39, 0.29) is 0 Å². The Bertz CT molecular complexity index is 541. The second kappa shape index (κ2) is 3.28. The van der Waals surface area contributed by atoms with Gasteiger partial charge < -0.3 is 0 Å². The number of hydrogen-bond donors (Lipinski definition) is 0. The van der Waals surface area contributed by atoms with Crippen molar-refractivity contribution in [2.75, 3.05) is 0 Å². The first kappa shape index (κ1) is 8.98. The maximum atomic E-state index is 6.90. The Morgan fingerprint density at radius 2 is 2.21 bits per heavy atom. The maximum Gasteiger partial charge on any atom is 0.188 e. The highest BCUT2D eigenvalue weighted by atomic mass is 35.5. The minimum absolute atomic E-state index is 0.590. The van der Waals surface area contributed by atoms with E-state index in [1.165, 1.54) is 0 Å². The lowest BCUT2D eigenvalue weighted by Gasteiger charge is -2.02. The molecule has 68 valence electrons. The Morgan fingerprint density at radius 1 is 1.43 bits per heavy atom. The second-order valence-electron chi connectivity index (χ2n) is 3.07. The number of rotatable bonds is 0. The van der Waals surface area contributed by atoms with Crippen LogP contribution in [-0.2, 0) is 0 Å². The average Bonchev–Trinajstić information content (AvgIpc) is 2.23. The lowest BCUT2D eigenvalue weighted by atomic mass is 10.1. The smallest absolute Gasteiger partial charge is 0.188 e. The molecule has 2 rings (SSSR count). The fraction of sp³-hybridized carbons (Fsp3) is 0.0909. The van der Waals surface area contributed by atoms with Crippen LogP contribution in [0.1, 0.15) is 5.56 Å². The molecule has 0 amide bonds. The van der Waals surface area contributed by atoms with Crippen LogP contribution >= 0.6 is 11.6 Å². The van der Waals surface area contributed by atoms with Gasteiger partial charge in [-0.1, -0.05) is 17.7 Å². The first-order chi connectivity index (χ1) is 6.72. The van der Waals surface area contributed by atoms with Gasteiger partial charge in [-0.15, -0.1) is 0 Å². The molecule has 0 N–H and O–H groups in total. The van der Waals surface area contributed by atoms with Crippen molar-refractivity contribution in [1.82, 2.24) is 4.98 Å². The highest BCUT2D eigenvalue weighted by Gasteiger charge is 2.03. The SMILES string of the molecule is [C-]#[N+]c1ccc2ncc(C)c(Cl)c2c1. The molecule has 1 aromatic heterocycles. The van der Waals surface area contributed by atoms with Gasteiger partial charge in [-0.3, -0.25) is 4.98 Å². The number of hydrogen-bond acceptors (Lipinski definition) is 1. The molecule has 1 aromatic carbocycles. The molecular weight excluding hydrogens is 196 g/mol. The van der Waals surface area contributed by atoms with Crippen LogP contribution in [0.5, 0.6) is 0 Å². The van der Waals surface area contributed by atoms with Gasteiger partial charge in [0.05, 0.1) is 17.1 Å². The molecule has 0 aliphatic carbocycles. The van der Waals surface area contributed by atoms with Gasteiger partial charge in [0.25, 0.3) is 0 Å². The van der Waals surface area contributed by atoms with Crippen molar-refractivity contribution in [2.45, 2.75) is 6.92 Å². The van der Waals surface area contributed by atoms with Gasteiger partial charge >= 0.3 is 0 Å². The molecule has 2 nitrogen and oxygen atoms in total. The topological polar surface area (TPSA) is 17.2 Å². The van der Waals surface area contributed by atoms with E-state index in [0.29, 0.717) is 10.7 Å². The van der Waals surface area contributed by atoms with Gasteiger partial charge in [-0.2, -0.15) is 0 Å². The number of benzene rings is 1. The zero-order valence-corrected chi connectivity index (χ0v) is 8.34. The summed E-state index contributed by atoms with van der Waals surface area (Å²) in [5.41, 5.74) is 2.35. The molecule has 0 saturated carbocycles. The third-order valence-electron chi connectivity index (χ3n) is 2.09. The van der Waals surface area contributed by atoms with Gasteiger partial charge in [0.1, 0.15) is 0 Å². The van der Waals surface area contributed by atoms with Gasteiger partial charge in [-0.25, -0.2) is 4.85 Å². The predicted octanol–water partition coefficient (Wildman–Crippen LogP) is 3.75. The van der Waals surface area contributed by atoms with E-state index in [9.17, 15) is 0 Å². The molecule has 0 unspecified atom stereocenters. The molecule has 0 spiro atoms. The van der Waals surface area contributed by atoms with Gasteiger partial charge in [0.15, 0.2) is 5.69 Å². The lowest BCUT2D eigenvalue weighted by Crippen LogP contribution is -1.83. The van der Waals surface area contributed by atoms with Crippen LogP contribution in [0.25, 0.3) is 15.7 Å². The molecule has 0 radical (unpaired) electrons. The fourth-order valence-electron chi connectivity index (χ4n) is 1.32. The first-order valence-electron chi connectivity index (χ1n) is 4.14. The van der Waals surface area contributed by atoms with Crippen molar-refractivity contribution in [1.29, 1.82) is 0 Å². The number of aromatic nitrogens is 1. The van der Waals surface area contributed by atoms with Gasteiger partial charge in [0.2, 0.25) is 0 Å². The number of aryl methyl sites for hydroxylation is 1. The van der Waals surface area contributed by atoms with Crippen molar-refractivity contribution in [3.05, 3.63) is 46.4 Å². The monoisotopic (exact) mass is 202 g/mol. The molecule has 0 aliphatic heterocycles. The molecule has 2 aromatic rings. The van der Waals surface area contributed by atoms with E-state index in [0.717, 1.165) is 16.5 Å². The summed E-state index contributed by atoms with van der Waals surface area (Å²) >= 11 is 6.11. The zero-order valence-electron chi connectivity index (χ0n) is 7.58.